The van der Waals surface area contributed by atoms with Gasteiger partial charge in [-0.1, -0.05) is 199 Å². The van der Waals surface area contributed by atoms with Crippen LogP contribution in [0, 0.1) is 0 Å². The van der Waals surface area contributed by atoms with Crippen molar-refractivity contribution >= 4 is 17.8 Å². The molecule has 3 fully saturated rings. The third kappa shape index (κ3) is 30.0. The first kappa shape index (κ1) is 80.4. The fourth-order valence-electron chi connectivity index (χ4n) is 11.9. The molecule has 0 saturated carbocycles. The first-order chi connectivity index (χ1) is 42.9. The van der Waals surface area contributed by atoms with Crippen LogP contribution in [-0.2, 0) is 42.8 Å². The molecule has 2 amide bonds. The second-order valence-corrected chi connectivity index (χ2v) is 25.0. The molecule has 3 heterocycles. The topological polar surface area (TPSA) is 373 Å². The van der Waals surface area contributed by atoms with Gasteiger partial charge in [0.25, 0.3) is 5.79 Å². The van der Waals surface area contributed by atoms with Gasteiger partial charge >= 0.3 is 5.97 Å². The van der Waals surface area contributed by atoms with Crippen LogP contribution in [0.3, 0.4) is 0 Å². The van der Waals surface area contributed by atoms with E-state index in [0.717, 1.165) is 51.9 Å². The van der Waals surface area contributed by atoms with Crippen LogP contribution < -0.4 is 10.6 Å². The van der Waals surface area contributed by atoms with Crippen molar-refractivity contribution in [3.63, 3.8) is 0 Å². The van der Waals surface area contributed by atoms with E-state index in [2.05, 4.69) is 36.6 Å². The minimum absolute atomic E-state index is 0.180. The van der Waals surface area contributed by atoms with Gasteiger partial charge in [-0.25, -0.2) is 4.79 Å². The average Bonchev–Trinajstić information content (AvgIpc) is 2.61. The SMILES string of the molecule is CCCCCCCC/C=C\CCCCCC(=O)NC(COC1OC(CO)C(OC2OC(CO)C(O)C(OC3(C(=O)O)CC(O)C(NC(C)=O)C(C(O)C(O)CO)O3)C2O)C(O)C1O)C(O)/C=C/CCCCCCCCCCCCCCCCCCCCCC. The lowest BCUT2D eigenvalue weighted by Gasteiger charge is -2.50. The molecule has 23 heteroatoms. The van der Waals surface area contributed by atoms with Crippen LogP contribution in [0.1, 0.15) is 239 Å². The van der Waals surface area contributed by atoms with Crippen LogP contribution in [0.4, 0.5) is 0 Å². The van der Waals surface area contributed by atoms with Crippen molar-refractivity contribution in [2.24, 2.45) is 0 Å². The van der Waals surface area contributed by atoms with Crippen molar-refractivity contribution in [1.82, 2.24) is 10.6 Å². The maximum absolute atomic E-state index is 13.4. The van der Waals surface area contributed by atoms with E-state index < -0.39 is 155 Å². The molecular weight excluding hydrogens is 1160 g/mol. The number of rotatable bonds is 51. The number of carboxylic acids is 1. The average molecular weight is 1280 g/mol. The normalized spacial score (nSPS) is 28.9. The number of carbonyl (C=O) groups excluding carboxylic acids is 2. The molecule has 0 bridgehead atoms. The number of ether oxygens (including phenoxy) is 6. The highest BCUT2D eigenvalue weighted by molar-refractivity contribution is 5.77. The van der Waals surface area contributed by atoms with Crippen molar-refractivity contribution in [3.05, 3.63) is 24.3 Å². The first-order valence-corrected chi connectivity index (χ1v) is 34.2. The lowest BCUT2D eigenvalue weighted by Crippen LogP contribution is -2.70. The number of hydrogen-bond acceptors (Lipinski definition) is 20. The highest BCUT2D eigenvalue weighted by atomic mass is 16.8. The molecule has 3 saturated heterocycles. The summed E-state index contributed by atoms with van der Waals surface area (Å²) in [6.07, 6.45) is 16.6. The summed E-state index contributed by atoms with van der Waals surface area (Å²) in [6.45, 7) is 2.11. The van der Waals surface area contributed by atoms with Crippen LogP contribution in [0.2, 0.25) is 0 Å². The molecule has 0 spiro atoms. The van der Waals surface area contributed by atoms with E-state index in [9.17, 15) is 75.7 Å². The largest absolute Gasteiger partial charge is 0.477 e. The summed E-state index contributed by atoms with van der Waals surface area (Å²) in [5.41, 5.74) is 0. The standard InChI is InChI=1S/C66H120N2O21/c1-4-6-8-10-12-14-16-18-19-20-21-22-23-24-25-26-28-29-31-33-35-37-39-48(73)47(68-53(76)40-38-36-34-32-30-27-17-15-13-11-9-7-5-2)45-84-63-58(80)57(79)60(52(44-71)86-63)87-64-59(81)62(56(78)51(43-70)85-64)89-66(65(82)83)41-49(74)54(67-46(3)72)61(88-66)55(77)50(75)42-69/h27,30,37,39,47-52,54-64,69-71,73-75,77-81H,4-26,28-29,31-36,38,40-45H2,1-3H3,(H,67,72)(H,68,76)(H,82,83)/b30-27-,39-37+. The van der Waals surface area contributed by atoms with E-state index >= 15 is 0 Å². The van der Waals surface area contributed by atoms with Gasteiger partial charge in [-0.15, -0.1) is 0 Å². The number of amides is 2. The van der Waals surface area contributed by atoms with Gasteiger partial charge < -0.3 is 100 Å². The number of hydrogen-bond donors (Lipinski definition) is 14. The van der Waals surface area contributed by atoms with Gasteiger partial charge in [0, 0.05) is 19.8 Å². The summed E-state index contributed by atoms with van der Waals surface area (Å²) in [4.78, 5) is 38.5. The number of unbranched alkanes of at least 4 members (excludes halogenated alkanes) is 29. The molecule has 0 aromatic rings. The minimum Gasteiger partial charge on any atom is -0.477 e. The Hall–Kier alpha value is -2.79. The van der Waals surface area contributed by atoms with Crippen LogP contribution in [0.25, 0.3) is 0 Å². The summed E-state index contributed by atoms with van der Waals surface area (Å²) in [5.74, 6) is -6.16. The Morgan fingerprint density at radius 3 is 1.53 bits per heavy atom. The molecule has 3 rings (SSSR count). The molecule has 23 nitrogen and oxygen atoms in total. The molecule has 0 aromatic heterocycles. The molecule has 0 radical (unpaired) electrons. The third-order valence-electron chi connectivity index (χ3n) is 17.4. The Labute approximate surface area is 530 Å². The molecule has 0 aliphatic carbocycles. The quantitative estimate of drug-likeness (QED) is 0.0257. The van der Waals surface area contributed by atoms with Gasteiger partial charge in [-0.05, 0) is 44.9 Å². The van der Waals surface area contributed by atoms with E-state index in [1.165, 1.54) is 148 Å². The Bertz CT molecular complexity index is 1900. The highest BCUT2D eigenvalue weighted by Crippen LogP contribution is 2.39. The fraction of sp³-hybridized carbons (Fsp3) is 0.894. The van der Waals surface area contributed by atoms with E-state index in [1.54, 1.807) is 6.08 Å². The van der Waals surface area contributed by atoms with Gasteiger partial charge in [-0.3, -0.25) is 9.59 Å². The predicted octanol–water partition coefficient (Wildman–Crippen LogP) is 5.67. The number of nitrogens with one attached hydrogen (secondary N) is 2. The zero-order valence-electron chi connectivity index (χ0n) is 54.0. The lowest BCUT2D eigenvalue weighted by molar-refractivity contribution is -0.386. The van der Waals surface area contributed by atoms with E-state index in [0.29, 0.717) is 12.8 Å². The summed E-state index contributed by atoms with van der Waals surface area (Å²) in [6, 6.07) is -2.62. The second kappa shape index (κ2) is 47.1. The predicted molar refractivity (Wildman–Crippen MR) is 334 cm³/mol. The molecule has 3 aliphatic heterocycles. The number of aliphatic hydroxyl groups is 11. The van der Waals surface area contributed by atoms with E-state index in [1.807, 2.05) is 6.08 Å². The molecule has 89 heavy (non-hydrogen) atoms. The molecule has 3 aliphatic rings. The van der Waals surface area contributed by atoms with Crippen molar-refractivity contribution in [2.45, 2.75) is 349 Å². The first-order valence-electron chi connectivity index (χ1n) is 34.2. The van der Waals surface area contributed by atoms with Crippen molar-refractivity contribution in [1.29, 1.82) is 0 Å². The van der Waals surface area contributed by atoms with Crippen LogP contribution in [-0.4, -0.2) is 215 Å². The van der Waals surface area contributed by atoms with Gasteiger partial charge in [0.05, 0.1) is 50.7 Å². The summed E-state index contributed by atoms with van der Waals surface area (Å²) in [7, 11) is 0. The molecule has 520 valence electrons. The van der Waals surface area contributed by atoms with Crippen molar-refractivity contribution in [3.8, 4) is 0 Å². The second-order valence-electron chi connectivity index (χ2n) is 25.0. The van der Waals surface area contributed by atoms with Gasteiger partial charge in [-0.2, -0.15) is 0 Å². The minimum atomic E-state index is -3.08. The van der Waals surface area contributed by atoms with Crippen molar-refractivity contribution in [2.75, 3.05) is 26.4 Å². The molecule has 0 aromatic carbocycles. The Balaban J connectivity index is 1.61. The Morgan fingerprint density at radius 2 is 1.06 bits per heavy atom. The molecule has 18 unspecified atom stereocenters. The van der Waals surface area contributed by atoms with Crippen molar-refractivity contribution < 1.29 is 104 Å². The van der Waals surface area contributed by atoms with Crippen LogP contribution in [0.5, 0.6) is 0 Å². The maximum Gasteiger partial charge on any atom is 0.364 e. The third-order valence-corrected chi connectivity index (χ3v) is 17.4. The molecule has 14 N–H and O–H groups in total. The van der Waals surface area contributed by atoms with Crippen LogP contribution >= 0.6 is 0 Å². The Kier molecular flexibility index (Phi) is 42.6. The molecular formula is C66H120N2O21. The van der Waals surface area contributed by atoms with E-state index in [4.69, 9.17) is 28.4 Å². The Morgan fingerprint density at radius 1 is 0.584 bits per heavy atom. The monoisotopic (exact) mass is 1280 g/mol. The smallest absolute Gasteiger partial charge is 0.364 e. The van der Waals surface area contributed by atoms with Gasteiger partial charge in [0.2, 0.25) is 11.8 Å². The zero-order valence-corrected chi connectivity index (χ0v) is 54.0. The highest BCUT2D eigenvalue weighted by Gasteiger charge is 2.60. The number of aliphatic carboxylic acids is 1. The number of aliphatic hydroxyl groups excluding tert-OH is 11. The summed E-state index contributed by atoms with van der Waals surface area (Å²) < 4.78 is 34.7. The molecule has 18 atom stereocenters. The number of carboxylic acid groups (broad SMARTS) is 1. The lowest BCUT2D eigenvalue weighted by atomic mass is 9.88. The van der Waals surface area contributed by atoms with Gasteiger partial charge in [0.15, 0.2) is 12.6 Å². The summed E-state index contributed by atoms with van der Waals surface area (Å²) >= 11 is 0. The maximum atomic E-state index is 13.4. The number of allylic oxidation sites excluding steroid dienone is 3. The summed E-state index contributed by atoms with van der Waals surface area (Å²) in [5, 5.41) is 136. The number of carbonyl (C=O) groups is 3. The fourth-order valence-corrected chi connectivity index (χ4v) is 11.9. The van der Waals surface area contributed by atoms with E-state index in [-0.39, 0.29) is 12.3 Å². The van der Waals surface area contributed by atoms with Gasteiger partial charge in [0.1, 0.15) is 67.1 Å². The van der Waals surface area contributed by atoms with Crippen LogP contribution in [0.15, 0.2) is 24.3 Å². The zero-order chi connectivity index (χ0) is 65.4.